The first-order valence-corrected chi connectivity index (χ1v) is 7.49. The minimum Gasteiger partial charge on any atom is -0.282 e. The molecule has 0 bridgehead atoms. The highest BCUT2D eigenvalue weighted by Crippen LogP contribution is 2.20. The van der Waals surface area contributed by atoms with Crippen molar-refractivity contribution in [2.75, 3.05) is 10.5 Å². The fourth-order valence-electron chi connectivity index (χ4n) is 1.22. The molecule has 0 saturated heterocycles. The van der Waals surface area contributed by atoms with Crippen LogP contribution in [0.4, 0.5) is 10.1 Å². The fourth-order valence-corrected chi connectivity index (χ4v) is 3.49. The number of hydrogen-bond acceptors (Lipinski definition) is 2. The highest BCUT2D eigenvalue weighted by molar-refractivity contribution is 14.1. The standard InChI is InChI=1S/C10H13FINO2S/c1-7(2)6-16(14,15)13-10-4-3-8(11)5-9(10)12/h3-5,7,13H,6H2,1-2H3. The number of nitrogens with one attached hydrogen (secondary N) is 1. The average molecular weight is 357 g/mol. The molecule has 1 N–H and O–H groups in total. The molecule has 6 heteroatoms. The van der Waals surface area contributed by atoms with E-state index in [1.54, 1.807) is 0 Å². The summed E-state index contributed by atoms with van der Waals surface area (Å²) in [6.07, 6.45) is 0. The van der Waals surface area contributed by atoms with Gasteiger partial charge in [0.1, 0.15) is 5.82 Å². The van der Waals surface area contributed by atoms with Crippen LogP contribution in [0, 0.1) is 15.3 Å². The molecule has 3 nitrogen and oxygen atoms in total. The largest absolute Gasteiger partial charge is 0.282 e. The topological polar surface area (TPSA) is 46.2 Å². The molecule has 0 fully saturated rings. The number of anilines is 1. The molecule has 0 aliphatic carbocycles. The molecule has 0 heterocycles. The molecule has 16 heavy (non-hydrogen) atoms. The first-order valence-electron chi connectivity index (χ1n) is 4.76. The van der Waals surface area contributed by atoms with Gasteiger partial charge in [-0.15, -0.1) is 0 Å². The number of benzene rings is 1. The number of hydrogen-bond donors (Lipinski definition) is 1. The van der Waals surface area contributed by atoms with Crippen LogP contribution in [0.15, 0.2) is 18.2 Å². The van der Waals surface area contributed by atoms with Crippen LogP contribution in [0.1, 0.15) is 13.8 Å². The van der Waals surface area contributed by atoms with E-state index in [4.69, 9.17) is 0 Å². The van der Waals surface area contributed by atoms with Crippen molar-refractivity contribution in [1.29, 1.82) is 0 Å². The van der Waals surface area contributed by atoms with E-state index in [0.717, 1.165) is 0 Å². The second-order valence-electron chi connectivity index (χ2n) is 3.90. The first kappa shape index (κ1) is 13.7. The Balaban J connectivity index is 2.88. The van der Waals surface area contributed by atoms with Gasteiger partial charge in [0.05, 0.1) is 11.4 Å². The van der Waals surface area contributed by atoms with E-state index >= 15 is 0 Å². The molecule has 1 aromatic rings. The molecule has 1 aromatic carbocycles. The predicted octanol–water partition coefficient (Wildman–Crippen LogP) is 2.83. The van der Waals surface area contributed by atoms with Crippen molar-refractivity contribution in [1.82, 2.24) is 0 Å². The van der Waals surface area contributed by atoms with Gasteiger partial charge in [-0.05, 0) is 46.7 Å². The lowest BCUT2D eigenvalue weighted by atomic mass is 10.3. The zero-order chi connectivity index (χ0) is 12.3. The third-order valence-corrected chi connectivity index (χ3v) is 4.28. The highest BCUT2D eigenvalue weighted by Gasteiger charge is 2.14. The van der Waals surface area contributed by atoms with E-state index in [-0.39, 0.29) is 17.5 Å². The van der Waals surface area contributed by atoms with Crippen LogP contribution in [-0.4, -0.2) is 14.2 Å². The molecule has 0 aromatic heterocycles. The van der Waals surface area contributed by atoms with Crippen molar-refractivity contribution in [2.45, 2.75) is 13.8 Å². The Morgan fingerprint density at radius 1 is 1.44 bits per heavy atom. The molecule has 0 aliphatic heterocycles. The number of rotatable bonds is 4. The highest BCUT2D eigenvalue weighted by atomic mass is 127. The lowest BCUT2D eigenvalue weighted by Crippen LogP contribution is -2.20. The summed E-state index contributed by atoms with van der Waals surface area (Å²) < 4.78 is 39.1. The molecule has 0 amide bonds. The number of halogens is 2. The van der Waals surface area contributed by atoms with Gasteiger partial charge in [0.15, 0.2) is 0 Å². The van der Waals surface area contributed by atoms with Gasteiger partial charge in [0.25, 0.3) is 0 Å². The molecule has 0 unspecified atom stereocenters. The second-order valence-corrected chi connectivity index (χ2v) is 6.83. The van der Waals surface area contributed by atoms with Crippen LogP contribution in [0.5, 0.6) is 0 Å². The maximum absolute atomic E-state index is 12.8. The lowest BCUT2D eigenvalue weighted by molar-refractivity contribution is 0.587. The Morgan fingerprint density at radius 2 is 2.06 bits per heavy atom. The summed E-state index contributed by atoms with van der Waals surface area (Å²) in [5, 5.41) is 0. The van der Waals surface area contributed by atoms with Gasteiger partial charge in [-0.2, -0.15) is 0 Å². The SMILES string of the molecule is CC(C)CS(=O)(=O)Nc1ccc(F)cc1I. The molecule has 90 valence electrons. The summed E-state index contributed by atoms with van der Waals surface area (Å²) in [5.41, 5.74) is 0.419. The zero-order valence-corrected chi connectivity index (χ0v) is 12.0. The van der Waals surface area contributed by atoms with Crippen molar-refractivity contribution in [3.05, 3.63) is 27.6 Å². The molecule has 0 spiro atoms. The molecule has 0 atom stereocenters. The molecular formula is C10H13FINO2S. The second kappa shape index (κ2) is 5.31. The van der Waals surface area contributed by atoms with Crippen molar-refractivity contribution < 1.29 is 12.8 Å². The van der Waals surface area contributed by atoms with Gasteiger partial charge >= 0.3 is 0 Å². The predicted molar refractivity (Wildman–Crippen MR) is 71.4 cm³/mol. The van der Waals surface area contributed by atoms with Crippen LogP contribution in [-0.2, 0) is 10.0 Å². The van der Waals surface area contributed by atoms with Crippen molar-refractivity contribution in [3.8, 4) is 0 Å². The Hall–Kier alpha value is -0.370. The zero-order valence-electron chi connectivity index (χ0n) is 9.00. The van der Waals surface area contributed by atoms with Gasteiger partial charge in [-0.3, -0.25) is 4.72 Å². The van der Waals surface area contributed by atoms with E-state index in [1.165, 1.54) is 18.2 Å². The summed E-state index contributed by atoms with van der Waals surface area (Å²) in [6, 6.07) is 3.94. The molecule has 0 aliphatic rings. The number of sulfonamides is 1. The molecule has 1 rings (SSSR count). The van der Waals surface area contributed by atoms with Crippen LogP contribution in [0.2, 0.25) is 0 Å². The molecule has 0 radical (unpaired) electrons. The third kappa shape index (κ3) is 4.25. The van der Waals surface area contributed by atoms with E-state index in [9.17, 15) is 12.8 Å². The Morgan fingerprint density at radius 3 is 2.56 bits per heavy atom. The third-order valence-electron chi connectivity index (χ3n) is 1.75. The van der Waals surface area contributed by atoms with E-state index in [0.29, 0.717) is 9.26 Å². The van der Waals surface area contributed by atoms with Crippen LogP contribution < -0.4 is 4.72 Å². The van der Waals surface area contributed by atoms with Gasteiger partial charge in [0, 0.05) is 3.57 Å². The fraction of sp³-hybridized carbons (Fsp3) is 0.400. The van der Waals surface area contributed by atoms with Gasteiger partial charge in [-0.25, -0.2) is 12.8 Å². The first-order chi connectivity index (χ1) is 7.30. The summed E-state index contributed by atoms with van der Waals surface area (Å²) in [4.78, 5) is 0. The average Bonchev–Trinajstić information content (AvgIpc) is 2.07. The van der Waals surface area contributed by atoms with E-state index in [2.05, 4.69) is 4.72 Å². The van der Waals surface area contributed by atoms with Crippen molar-refractivity contribution in [3.63, 3.8) is 0 Å². The van der Waals surface area contributed by atoms with Crippen LogP contribution >= 0.6 is 22.6 Å². The Labute approximate surface area is 109 Å². The quantitative estimate of drug-likeness (QED) is 0.843. The van der Waals surface area contributed by atoms with Crippen molar-refractivity contribution in [2.24, 2.45) is 5.92 Å². The van der Waals surface area contributed by atoms with E-state index < -0.39 is 10.0 Å². The summed E-state index contributed by atoms with van der Waals surface area (Å²) >= 11 is 1.89. The van der Waals surface area contributed by atoms with Gasteiger partial charge in [-0.1, -0.05) is 13.8 Å². The van der Waals surface area contributed by atoms with Gasteiger partial charge in [0.2, 0.25) is 10.0 Å². The summed E-state index contributed by atoms with van der Waals surface area (Å²) in [5.74, 6) is -0.271. The summed E-state index contributed by atoms with van der Waals surface area (Å²) in [7, 11) is -3.35. The normalized spacial score (nSPS) is 11.8. The van der Waals surface area contributed by atoms with Crippen molar-refractivity contribution >= 4 is 38.3 Å². The summed E-state index contributed by atoms with van der Waals surface area (Å²) in [6.45, 7) is 3.66. The minimum absolute atomic E-state index is 0.0515. The van der Waals surface area contributed by atoms with Crippen LogP contribution in [0.3, 0.4) is 0 Å². The van der Waals surface area contributed by atoms with Gasteiger partial charge < -0.3 is 0 Å². The lowest BCUT2D eigenvalue weighted by Gasteiger charge is -2.11. The maximum Gasteiger partial charge on any atom is 0.233 e. The maximum atomic E-state index is 12.8. The monoisotopic (exact) mass is 357 g/mol. The molecule has 0 saturated carbocycles. The molecular weight excluding hydrogens is 344 g/mol. The Bertz CT molecular complexity index is 474. The Kier molecular flexibility index (Phi) is 4.54. The minimum atomic E-state index is -3.35. The smallest absolute Gasteiger partial charge is 0.233 e. The van der Waals surface area contributed by atoms with Crippen LogP contribution in [0.25, 0.3) is 0 Å². The van der Waals surface area contributed by atoms with E-state index in [1.807, 2.05) is 36.4 Å².